The van der Waals surface area contributed by atoms with Crippen molar-refractivity contribution in [2.45, 2.75) is 50.7 Å². The minimum atomic E-state index is -3.79. The first kappa shape index (κ1) is 32.9. The molecule has 11 nitrogen and oxygen atoms in total. The number of hydrogen-bond acceptors (Lipinski definition) is 8. The van der Waals surface area contributed by atoms with Gasteiger partial charge in [-0.2, -0.15) is 4.31 Å². The molecule has 0 aliphatic carbocycles. The first-order valence-corrected chi connectivity index (χ1v) is 16.2. The van der Waals surface area contributed by atoms with Gasteiger partial charge in [-0.25, -0.2) is 8.42 Å². The second-order valence-electron chi connectivity index (χ2n) is 11.6. The maximum absolute atomic E-state index is 13.5. The summed E-state index contributed by atoms with van der Waals surface area (Å²) in [7, 11) is -2.27. The van der Waals surface area contributed by atoms with Crippen molar-refractivity contribution in [2.75, 3.05) is 64.9 Å². The number of carbonyl (C=O) groups is 2. The number of likely N-dealkylation sites (N-methyl/N-ethyl adjacent to an activating group) is 1. The van der Waals surface area contributed by atoms with Crippen LogP contribution < -0.4 is 10.1 Å². The Morgan fingerprint density at radius 2 is 1.86 bits per heavy atom. The molecule has 0 bridgehead atoms. The van der Waals surface area contributed by atoms with Crippen LogP contribution in [0.1, 0.15) is 31.4 Å². The lowest BCUT2D eigenvalue weighted by Crippen LogP contribution is -2.48. The maximum atomic E-state index is 13.5. The van der Waals surface area contributed by atoms with E-state index in [1.165, 1.54) is 11.4 Å². The van der Waals surface area contributed by atoms with Crippen molar-refractivity contribution < 1.29 is 32.6 Å². The van der Waals surface area contributed by atoms with Crippen LogP contribution in [0.2, 0.25) is 0 Å². The van der Waals surface area contributed by atoms with Crippen LogP contribution in [0.5, 0.6) is 5.75 Å². The highest BCUT2D eigenvalue weighted by Crippen LogP contribution is 2.30. The molecule has 2 N–H and O–H groups in total. The molecule has 1 saturated heterocycles. The Balaban J connectivity index is 1.56. The molecule has 0 radical (unpaired) electrons. The summed E-state index contributed by atoms with van der Waals surface area (Å²) in [6, 6.07) is 11.4. The van der Waals surface area contributed by atoms with E-state index >= 15 is 0 Å². The third-order valence-corrected chi connectivity index (χ3v) is 9.96. The van der Waals surface area contributed by atoms with Crippen LogP contribution in [0.3, 0.4) is 0 Å². The summed E-state index contributed by atoms with van der Waals surface area (Å²) >= 11 is 0. The topological polar surface area (TPSA) is 129 Å². The SMILES string of the molecule is Cc1ccc(S(=O)(=O)N(C)C[C@@H]2Oc3ccc(NC(=O)CCN4CCOCC4)cc3CC(=O)N([C@@H](C)CO)C[C@H]2C)cc1. The Hall–Kier alpha value is -3.03. The number of sulfonamides is 1. The molecule has 43 heavy (non-hydrogen) atoms. The first-order chi connectivity index (χ1) is 20.5. The Morgan fingerprint density at radius 3 is 2.53 bits per heavy atom. The fraction of sp³-hybridized carbons (Fsp3) is 0.548. The molecule has 12 heteroatoms. The Bertz CT molecular complexity index is 1360. The standard InChI is InChI=1S/C31H44N4O7S/c1-22-5-8-27(9-6-22)43(39,40)33(4)20-29-23(2)19-35(24(3)21-36)31(38)18-25-17-26(7-10-28(25)42-29)32-30(37)11-12-34-13-15-41-16-14-34/h5-10,17,23-24,29,36H,11-16,18-21H2,1-4H3,(H,32,37)/t23-,24+,29+/m1/s1. The number of rotatable bonds is 10. The van der Waals surface area contributed by atoms with E-state index in [-0.39, 0.29) is 48.7 Å². The van der Waals surface area contributed by atoms with E-state index in [9.17, 15) is 23.1 Å². The lowest BCUT2D eigenvalue weighted by Gasteiger charge is -2.33. The van der Waals surface area contributed by atoms with Gasteiger partial charge in [0.25, 0.3) is 0 Å². The second kappa shape index (κ2) is 14.6. The van der Waals surface area contributed by atoms with Gasteiger partial charge in [0.1, 0.15) is 11.9 Å². The van der Waals surface area contributed by atoms with Crippen LogP contribution in [0.15, 0.2) is 47.4 Å². The number of nitrogens with zero attached hydrogens (tertiary/aromatic N) is 3. The zero-order chi connectivity index (χ0) is 31.1. The van der Waals surface area contributed by atoms with Gasteiger partial charge >= 0.3 is 0 Å². The monoisotopic (exact) mass is 616 g/mol. The number of carbonyl (C=O) groups excluding carboxylic acids is 2. The Labute approximate surface area is 254 Å². The predicted octanol–water partition coefficient (Wildman–Crippen LogP) is 2.13. The molecular weight excluding hydrogens is 572 g/mol. The summed E-state index contributed by atoms with van der Waals surface area (Å²) in [4.78, 5) is 30.2. The average Bonchev–Trinajstić information content (AvgIpc) is 3.03. The van der Waals surface area contributed by atoms with Gasteiger partial charge in [0, 0.05) is 56.8 Å². The molecule has 2 aromatic rings. The number of aliphatic hydroxyl groups excluding tert-OH is 1. The summed E-state index contributed by atoms with van der Waals surface area (Å²) in [5.41, 5.74) is 2.09. The summed E-state index contributed by atoms with van der Waals surface area (Å²) in [6.45, 7) is 9.27. The number of benzene rings is 2. The quantitative estimate of drug-likeness (QED) is 0.416. The van der Waals surface area contributed by atoms with Crippen molar-refractivity contribution in [3.05, 3.63) is 53.6 Å². The number of fused-ring (bicyclic) bond motifs is 1. The van der Waals surface area contributed by atoms with Gasteiger partial charge in [-0.05, 0) is 44.2 Å². The highest BCUT2D eigenvalue weighted by Gasteiger charge is 2.33. The first-order valence-electron chi connectivity index (χ1n) is 14.8. The highest BCUT2D eigenvalue weighted by atomic mass is 32.2. The molecule has 0 saturated carbocycles. The maximum Gasteiger partial charge on any atom is 0.242 e. The molecule has 236 valence electrons. The molecule has 4 rings (SSSR count). The lowest BCUT2D eigenvalue weighted by molar-refractivity contribution is -0.134. The fourth-order valence-electron chi connectivity index (χ4n) is 5.27. The Morgan fingerprint density at radius 1 is 1.16 bits per heavy atom. The van der Waals surface area contributed by atoms with E-state index in [1.807, 2.05) is 13.8 Å². The summed E-state index contributed by atoms with van der Waals surface area (Å²) in [6.07, 6.45) is -0.263. The summed E-state index contributed by atoms with van der Waals surface area (Å²) in [5, 5.41) is 12.8. The van der Waals surface area contributed by atoms with Gasteiger partial charge in [-0.15, -0.1) is 0 Å². The van der Waals surface area contributed by atoms with Crippen LogP contribution in [0.4, 0.5) is 5.69 Å². The van der Waals surface area contributed by atoms with Crippen molar-refractivity contribution in [2.24, 2.45) is 5.92 Å². The van der Waals surface area contributed by atoms with E-state index in [2.05, 4.69) is 10.2 Å². The number of amides is 2. The highest BCUT2D eigenvalue weighted by molar-refractivity contribution is 7.89. The third-order valence-electron chi connectivity index (χ3n) is 8.13. The van der Waals surface area contributed by atoms with Crippen LogP contribution in [-0.2, 0) is 30.8 Å². The molecular formula is C31H44N4O7S. The van der Waals surface area contributed by atoms with Crippen LogP contribution in [0.25, 0.3) is 0 Å². The normalized spacial score (nSPS) is 20.9. The van der Waals surface area contributed by atoms with Crippen molar-refractivity contribution in [1.29, 1.82) is 0 Å². The van der Waals surface area contributed by atoms with Crippen LogP contribution in [0, 0.1) is 12.8 Å². The number of aryl methyl sites for hydroxylation is 1. The number of aliphatic hydroxyl groups is 1. The molecule has 0 aromatic heterocycles. The number of morpholine rings is 1. The van der Waals surface area contributed by atoms with E-state index in [4.69, 9.17) is 9.47 Å². The van der Waals surface area contributed by atoms with Crippen LogP contribution >= 0.6 is 0 Å². The largest absolute Gasteiger partial charge is 0.488 e. The van der Waals surface area contributed by atoms with Gasteiger partial charge in [0.2, 0.25) is 21.8 Å². The fourth-order valence-corrected chi connectivity index (χ4v) is 6.46. The van der Waals surface area contributed by atoms with E-state index in [0.717, 1.165) is 18.7 Å². The number of hydrogen-bond donors (Lipinski definition) is 2. The minimum absolute atomic E-state index is 0.00804. The molecule has 2 amide bonds. The molecule has 0 unspecified atom stereocenters. The van der Waals surface area contributed by atoms with Crippen molar-refractivity contribution in [1.82, 2.24) is 14.1 Å². The number of anilines is 1. The summed E-state index contributed by atoms with van der Waals surface area (Å²) in [5.74, 6) is -0.127. The third kappa shape index (κ3) is 8.54. The minimum Gasteiger partial charge on any atom is -0.488 e. The van der Waals surface area contributed by atoms with Gasteiger partial charge in [-0.3, -0.25) is 14.5 Å². The van der Waals surface area contributed by atoms with Crippen molar-refractivity contribution in [3.63, 3.8) is 0 Å². The van der Waals surface area contributed by atoms with Gasteiger partial charge in [-0.1, -0.05) is 24.6 Å². The molecule has 2 aromatic carbocycles. The number of ether oxygens (including phenoxy) is 2. The predicted molar refractivity (Wildman–Crippen MR) is 163 cm³/mol. The van der Waals surface area contributed by atoms with E-state index in [1.54, 1.807) is 54.3 Å². The lowest BCUT2D eigenvalue weighted by atomic mass is 10.0. The zero-order valence-electron chi connectivity index (χ0n) is 25.5. The van der Waals surface area contributed by atoms with E-state index < -0.39 is 22.2 Å². The van der Waals surface area contributed by atoms with Crippen molar-refractivity contribution >= 4 is 27.5 Å². The smallest absolute Gasteiger partial charge is 0.242 e. The average molecular weight is 617 g/mol. The molecule has 2 aliphatic heterocycles. The molecule has 2 aliphatic rings. The van der Waals surface area contributed by atoms with E-state index in [0.29, 0.717) is 43.2 Å². The number of nitrogens with one attached hydrogen (secondary N) is 1. The second-order valence-corrected chi connectivity index (χ2v) is 13.6. The molecule has 0 spiro atoms. The van der Waals surface area contributed by atoms with Crippen molar-refractivity contribution in [3.8, 4) is 5.75 Å². The zero-order valence-corrected chi connectivity index (χ0v) is 26.3. The van der Waals surface area contributed by atoms with Gasteiger partial charge < -0.3 is 24.8 Å². The summed E-state index contributed by atoms with van der Waals surface area (Å²) < 4.78 is 39.9. The van der Waals surface area contributed by atoms with Crippen LogP contribution in [-0.4, -0.2) is 111 Å². The molecule has 3 atom stereocenters. The molecule has 1 fully saturated rings. The molecule has 2 heterocycles. The van der Waals surface area contributed by atoms with Gasteiger partial charge in [0.15, 0.2) is 0 Å². The van der Waals surface area contributed by atoms with Gasteiger partial charge in [0.05, 0.1) is 43.7 Å². The Kier molecular flexibility index (Phi) is 11.2.